The summed E-state index contributed by atoms with van der Waals surface area (Å²) in [4.78, 5) is 14.5. The van der Waals surface area contributed by atoms with Crippen LogP contribution in [0, 0.1) is 5.92 Å². The summed E-state index contributed by atoms with van der Waals surface area (Å²) in [5, 5.41) is 10.2. The summed E-state index contributed by atoms with van der Waals surface area (Å²) < 4.78 is 27.3. The Hall–Kier alpha value is -2.97. The molecule has 4 rings (SSSR count). The van der Waals surface area contributed by atoms with Gasteiger partial charge < -0.3 is 28.8 Å². The van der Waals surface area contributed by atoms with Gasteiger partial charge in [0, 0.05) is 31.2 Å². The van der Waals surface area contributed by atoms with Crippen LogP contribution in [0.1, 0.15) is 23.1 Å². The highest BCUT2D eigenvalue weighted by Crippen LogP contribution is 2.49. The topological polar surface area (TPSA) is 86.7 Å². The van der Waals surface area contributed by atoms with Gasteiger partial charge in [-0.3, -0.25) is 9.69 Å². The van der Waals surface area contributed by atoms with E-state index in [9.17, 15) is 9.90 Å². The molecule has 0 saturated carbocycles. The van der Waals surface area contributed by atoms with Crippen molar-refractivity contribution in [2.24, 2.45) is 5.92 Å². The van der Waals surface area contributed by atoms with E-state index in [1.807, 2.05) is 37.4 Å². The first-order valence-corrected chi connectivity index (χ1v) is 10.2. The van der Waals surface area contributed by atoms with Crippen molar-refractivity contribution in [1.29, 1.82) is 0 Å². The summed E-state index contributed by atoms with van der Waals surface area (Å²) in [5.74, 6) is 0.861. The second kappa shape index (κ2) is 9.03. The van der Waals surface area contributed by atoms with E-state index >= 15 is 0 Å². The fourth-order valence-electron chi connectivity index (χ4n) is 4.47. The predicted octanol–water partition coefficient (Wildman–Crippen LogP) is 2.92. The Morgan fingerprint density at radius 3 is 2.68 bits per heavy atom. The van der Waals surface area contributed by atoms with Gasteiger partial charge in [-0.15, -0.1) is 0 Å². The van der Waals surface area contributed by atoms with Crippen LogP contribution in [0.25, 0.3) is 0 Å². The van der Waals surface area contributed by atoms with Gasteiger partial charge in [0.25, 0.3) is 0 Å². The van der Waals surface area contributed by atoms with E-state index in [1.165, 1.54) is 0 Å². The van der Waals surface area contributed by atoms with Crippen LogP contribution in [0.4, 0.5) is 0 Å². The lowest BCUT2D eigenvalue weighted by Gasteiger charge is -2.26. The van der Waals surface area contributed by atoms with Crippen LogP contribution in [0.3, 0.4) is 0 Å². The number of rotatable bonds is 8. The second-order valence-corrected chi connectivity index (χ2v) is 7.71. The maximum Gasteiger partial charge on any atom is 0.309 e. The molecule has 1 saturated heterocycles. The van der Waals surface area contributed by atoms with Crippen molar-refractivity contribution in [3.63, 3.8) is 0 Å². The first kappa shape index (κ1) is 21.3. The standard InChI is InChI=1S/C23H27NO7/c1-24-12-17(14-4-7-18-20(10-14)31-13-30-18)21(23(25)26)22(24)16-6-5-15(28-3)11-19(16)29-9-8-27-2/h4-7,10-11,17,21-22H,8-9,12-13H2,1-3H3,(H,25,26). The van der Waals surface area contributed by atoms with Gasteiger partial charge in [-0.2, -0.15) is 0 Å². The Morgan fingerprint density at radius 2 is 1.94 bits per heavy atom. The summed E-state index contributed by atoms with van der Waals surface area (Å²) in [6, 6.07) is 10.8. The maximum absolute atomic E-state index is 12.5. The van der Waals surface area contributed by atoms with E-state index in [2.05, 4.69) is 4.90 Å². The zero-order valence-corrected chi connectivity index (χ0v) is 17.9. The number of carboxylic acid groups (broad SMARTS) is 1. The predicted molar refractivity (Wildman–Crippen MR) is 112 cm³/mol. The minimum absolute atomic E-state index is 0.183. The lowest BCUT2D eigenvalue weighted by molar-refractivity contribution is -0.143. The van der Waals surface area contributed by atoms with Crippen LogP contribution in [0.5, 0.6) is 23.0 Å². The lowest BCUT2D eigenvalue weighted by Crippen LogP contribution is -2.27. The number of carbonyl (C=O) groups is 1. The third-order valence-electron chi connectivity index (χ3n) is 5.93. The first-order valence-electron chi connectivity index (χ1n) is 10.2. The van der Waals surface area contributed by atoms with Gasteiger partial charge in [-0.1, -0.05) is 12.1 Å². The SMILES string of the molecule is COCCOc1cc(OC)ccc1C1C(C(=O)O)C(c2ccc3c(c2)OCO3)CN1C. The van der Waals surface area contributed by atoms with Gasteiger partial charge in [0.15, 0.2) is 11.5 Å². The molecule has 1 fully saturated rings. The molecule has 0 amide bonds. The molecule has 2 aliphatic heterocycles. The largest absolute Gasteiger partial charge is 0.497 e. The van der Waals surface area contributed by atoms with Crippen molar-refractivity contribution in [2.75, 3.05) is 47.8 Å². The summed E-state index contributed by atoms with van der Waals surface area (Å²) in [5.41, 5.74) is 1.73. The number of hydrogen-bond acceptors (Lipinski definition) is 7. The van der Waals surface area contributed by atoms with Crippen LogP contribution in [-0.4, -0.2) is 63.8 Å². The molecule has 0 aliphatic carbocycles. The van der Waals surface area contributed by atoms with Crippen LogP contribution in [0.15, 0.2) is 36.4 Å². The van der Waals surface area contributed by atoms with Gasteiger partial charge in [0.1, 0.15) is 18.1 Å². The van der Waals surface area contributed by atoms with Gasteiger partial charge in [-0.05, 0) is 30.8 Å². The fraction of sp³-hybridized carbons (Fsp3) is 0.435. The van der Waals surface area contributed by atoms with E-state index in [4.69, 9.17) is 23.7 Å². The number of ether oxygens (including phenoxy) is 5. The molecule has 0 bridgehead atoms. The Labute approximate surface area is 181 Å². The Balaban J connectivity index is 1.70. The molecule has 3 unspecified atom stereocenters. The minimum Gasteiger partial charge on any atom is -0.497 e. The Kier molecular flexibility index (Phi) is 6.20. The summed E-state index contributed by atoms with van der Waals surface area (Å²) >= 11 is 0. The number of aliphatic carboxylic acids is 1. The van der Waals surface area contributed by atoms with Crippen LogP contribution in [0.2, 0.25) is 0 Å². The molecule has 0 aromatic heterocycles. The van der Waals surface area contributed by atoms with Crippen molar-refractivity contribution >= 4 is 5.97 Å². The first-order chi connectivity index (χ1) is 15.0. The van der Waals surface area contributed by atoms with Crippen LogP contribution in [-0.2, 0) is 9.53 Å². The number of likely N-dealkylation sites (N-methyl/N-ethyl adjacent to an activating group) is 1. The molecule has 0 radical (unpaired) electrons. The zero-order valence-electron chi connectivity index (χ0n) is 17.9. The number of carboxylic acids is 1. The highest BCUT2D eigenvalue weighted by atomic mass is 16.7. The van der Waals surface area contributed by atoms with Gasteiger partial charge >= 0.3 is 5.97 Å². The van der Waals surface area contributed by atoms with E-state index in [1.54, 1.807) is 20.3 Å². The van der Waals surface area contributed by atoms with E-state index in [0.717, 1.165) is 11.1 Å². The minimum atomic E-state index is -0.851. The van der Waals surface area contributed by atoms with Crippen molar-refractivity contribution in [2.45, 2.75) is 12.0 Å². The summed E-state index contributed by atoms with van der Waals surface area (Å²) in [6.45, 7) is 1.56. The van der Waals surface area contributed by atoms with Crippen molar-refractivity contribution in [3.8, 4) is 23.0 Å². The number of methoxy groups -OCH3 is 2. The zero-order chi connectivity index (χ0) is 22.0. The molecule has 166 valence electrons. The van der Waals surface area contributed by atoms with Crippen LogP contribution < -0.4 is 18.9 Å². The number of likely N-dealkylation sites (tertiary alicyclic amines) is 1. The number of hydrogen-bond donors (Lipinski definition) is 1. The third-order valence-corrected chi connectivity index (χ3v) is 5.93. The van der Waals surface area contributed by atoms with E-state index in [0.29, 0.717) is 42.8 Å². The molecule has 8 heteroatoms. The van der Waals surface area contributed by atoms with Gasteiger partial charge in [0.05, 0.1) is 25.7 Å². The Morgan fingerprint density at radius 1 is 1.13 bits per heavy atom. The average Bonchev–Trinajstić information content (AvgIpc) is 3.37. The molecule has 2 heterocycles. The van der Waals surface area contributed by atoms with Crippen molar-refractivity contribution < 1.29 is 33.6 Å². The van der Waals surface area contributed by atoms with Crippen molar-refractivity contribution in [3.05, 3.63) is 47.5 Å². The van der Waals surface area contributed by atoms with Gasteiger partial charge in [0.2, 0.25) is 6.79 Å². The molecule has 2 aromatic rings. The summed E-state index contributed by atoms with van der Waals surface area (Å²) in [6.07, 6.45) is 0. The molecule has 0 spiro atoms. The molecular weight excluding hydrogens is 402 g/mol. The quantitative estimate of drug-likeness (QED) is 0.641. The summed E-state index contributed by atoms with van der Waals surface area (Å²) in [7, 11) is 5.14. The number of nitrogens with zero attached hydrogens (tertiary/aromatic N) is 1. The second-order valence-electron chi connectivity index (χ2n) is 7.71. The van der Waals surface area contributed by atoms with Gasteiger partial charge in [-0.25, -0.2) is 0 Å². The molecular formula is C23H27NO7. The normalized spacial score (nSPS) is 22.5. The van der Waals surface area contributed by atoms with E-state index in [-0.39, 0.29) is 18.8 Å². The molecule has 2 aliphatic rings. The molecule has 2 aromatic carbocycles. The number of fused-ring (bicyclic) bond motifs is 1. The Bertz CT molecular complexity index is 948. The lowest BCUT2D eigenvalue weighted by atomic mass is 9.82. The molecule has 3 atom stereocenters. The molecule has 31 heavy (non-hydrogen) atoms. The highest BCUT2D eigenvalue weighted by molar-refractivity contribution is 5.74. The highest BCUT2D eigenvalue weighted by Gasteiger charge is 2.47. The average molecular weight is 429 g/mol. The van der Waals surface area contributed by atoms with Crippen molar-refractivity contribution in [1.82, 2.24) is 4.90 Å². The third kappa shape index (κ3) is 4.13. The monoisotopic (exact) mass is 429 g/mol. The molecule has 1 N–H and O–H groups in total. The van der Waals surface area contributed by atoms with E-state index < -0.39 is 11.9 Å². The number of benzene rings is 2. The maximum atomic E-state index is 12.5. The molecule has 8 nitrogen and oxygen atoms in total. The van der Waals surface area contributed by atoms with Crippen LogP contribution >= 0.6 is 0 Å². The fourth-order valence-corrected chi connectivity index (χ4v) is 4.47. The smallest absolute Gasteiger partial charge is 0.309 e.